The Morgan fingerprint density at radius 2 is 1.74 bits per heavy atom. The standard InChI is InChI=1S/C33H38N4O5/c1-20-21(2)31-29(22(3)30(20)40)27(38)19-33(4,42-31)17-5-6-18-41-26-14-12-24(13-15-26)36-28(39)16-9-23-7-10-25(11-8-23)37-32(34)35/h7-16,40H,5-6,17-19H2,1-4H3,(H,36,39)(H4,34,35,37). The molecule has 1 aliphatic rings. The van der Waals surface area contributed by atoms with E-state index >= 15 is 0 Å². The lowest BCUT2D eigenvalue weighted by Crippen LogP contribution is -2.40. The lowest BCUT2D eigenvalue weighted by molar-refractivity contribution is -0.111. The van der Waals surface area contributed by atoms with Gasteiger partial charge in [-0.2, -0.15) is 0 Å². The Hall–Kier alpha value is -4.79. The topological polar surface area (TPSA) is 149 Å². The van der Waals surface area contributed by atoms with E-state index in [9.17, 15) is 14.7 Å². The molecule has 0 saturated heterocycles. The van der Waals surface area contributed by atoms with Gasteiger partial charge in [0.05, 0.1) is 24.3 Å². The summed E-state index contributed by atoms with van der Waals surface area (Å²) in [5.41, 5.74) is 14.9. The maximum atomic E-state index is 13.0. The summed E-state index contributed by atoms with van der Waals surface area (Å²) in [5.74, 6) is 1.21. The molecule has 0 aromatic heterocycles. The van der Waals surface area contributed by atoms with E-state index in [1.165, 1.54) is 6.08 Å². The monoisotopic (exact) mass is 570 g/mol. The van der Waals surface area contributed by atoms with Crippen LogP contribution in [0.25, 0.3) is 6.08 Å². The maximum absolute atomic E-state index is 13.0. The molecule has 9 nitrogen and oxygen atoms in total. The summed E-state index contributed by atoms with van der Waals surface area (Å²) in [6, 6.07) is 14.3. The van der Waals surface area contributed by atoms with Gasteiger partial charge in [-0.05, 0) is 106 Å². The van der Waals surface area contributed by atoms with Crippen LogP contribution >= 0.6 is 0 Å². The summed E-state index contributed by atoms with van der Waals surface area (Å²) in [4.78, 5) is 29.3. The van der Waals surface area contributed by atoms with Crippen molar-refractivity contribution in [3.8, 4) is 17.2 Å². The van der Waals surface area contributed by atoms with Crippen LogP contribution in [0.2, 0.25) is 0 Å². The number of rotatable bonds is 10. The third kappa shape index (κ3) is 7.28. The minimum atomic E-state index is -0.601. The largest absolute Gasteiger partial charge is 0.507 e. The molecule has 9 heteroatoms. The van der Waals surface area contributed by atoms with Gasteiger partial charge in [0.2, 0.25) is 5.91 Å². The molecule has 0 spiro atoms. The highest BCUT2D eigenvalue weighted by atomic mass is 16.5. The number of fused-ring (bicyclic) bond motifs is 1. The molecule has 1 atom stereocenters. The lowest BCUT2D eigenvalue weighted by atomic mass is 9.84. The predicted octanol–water partition coefficient (Wildman–Crippen LogP) is 5.85. The summed E-state index contributed by atoms with van der Waals surface area (Å²) >= 11 is 0. The molecule has 0 aliphatic carbocycles. The normalized spacial score (nSPS) is 16.0. The van der Waals surface area contributed by atoms with Crippen molar-refractivity contribution < 1.29 is 24.2 Å². The zero-order valence-electron chi connectivity index (χ0n) is 24.5. The molecule has 0 fully saturated rings. The van der Waals surface area contributed by atoms with Crippen LogP contribution in [0.5, 0.6) is 17.2 Å². The second-order valence-corrected chi connectivity index (χ2v) is 10.9. The van der Waals surface area contributed by atoms with Gasteiger partial charge >= 0.3 is 0 Å². The number of aliphatic imine (C=N–C) groups is 1. The molecule has 220 valence electrons. The molecular formula is C33H38N4O5. The van der Waals surface area contributed by atoms with Gasteiger partial charge in [-0.1, -0.05) is 12.1 Å². The number of hydrogen-bond acceptors (Lipinski definition) is 6. The van der Waals surface area contributed by atoms with E-state index in [4.69, 9.17) is 20.9 Å². The number of unbranched alkanes of at least 4 members (excludes halogenated alkanes) is 1. The first-order chi connectivity index (χ1) is 20.0. The van der Waals surface area contributed by atoms with Crippen LogP contribution < -0.4 is 26.3 Å². The summed E-state index contributed by atoms with van der Waals surface area (Å²) in [6.45, 7) is 7.97. The second kappa shape index (κ2) is 12.8. The van der Waals surface area contributed by atoms with Gasteiger partial charge < -0.3 is 31.4 Å². The van der Waals surface area contributed by atoms with Crippen molar-refractivity contribution in [2.45, 2.75) is 59.0 Å². The SMILES string of the molecule is Cc1c(C)c2c(c(C)c1O)C(=O)CC(C)(CCCCOc1ccc(NC(=O)C=Cc3ccc(N=C(N)N)cc3)cc1)O2. The number of nitrogens with two attached hydrogens (primary N) is 2. The fourth-order valence-corrected chi connectivity index (χ4v) is 5.01. The van der Waals surface area contributed by atoms with E-state index in [-0.39, 0.29) is 29.8 Å². The van der Waals surface area contributed by atoms with Gasteiger partial charge in [-0.3, -0.25) is 9.59 Å². The Balaban J connectivity index is 1.22. The summed E-state index contributed by atoms with van der Waals surface area (Å²) in [7, 11) is 0. The average Bonchev–Trinajstić information content (AvgIpc) is 2.94. The number of Topliss-reactive ketones (excluding diaryl/α,β-unsaturated/α-hetero) is 1. The fraction of sp³-hybridized carbons (Fsp3) is 0.303. The molecule has 4 rings (SSSR count). The fourth-order valence-electron chi connectivity index (χ4n) is 5.01. The van der Waals surface area contributed by atoms with E-state index in [1.807, 2.05) is 45.0 Å². The number of aromatic hydroxyl groups is 1. The van der Waals surface area contributed by atoms with E-state index in [0.29, 0.717) is 47.0 Å². The van der Waals surface area contributed by atoms with Gasteiger partial charge in [0.15, 0.2) is 11.7 Å². The Bertz CT molecular complexity index is 1520. The Morgan fingerprint density at radius 1 is 1.05 bits per heavy atom. The number of nitrogens with one attached hydrogen (secondary N) is 1. The van der Waals surface area contributed by atoms with Gasteiger partial charge in [-0.15, -0.1) is 0 Å². The number of guanidine groups is 1. The van der Waals surface area contributed by atoms with Crippen molar-refractivity contribution in [3.63, 3.8) is 0 Å². The van der Waals surface area contributed by atoms with Crippen LogP contribution in [0.4, 0.5) is 11.4 Å². The zero-order valence-corrected chi connectivity index (χ0v) is 24.5. The third-order valence-corrected chi connectivity index (χ3v) is 7.45. The zero-order chi connectivity index (χ0) is 30.4. The number of phenols is 1. The highest BCUT2D eigenvalue weighted by Crippen LogP contribution is 2.44. The molecule has 0 saturated carbocycles. The van der Waals surface area contributed by atoms with E-state index < -0.39 is 5.60 Å². The van der Waals surface area contributed by atoms with Crippen molar-refractivity contribution >= 4 is 35.1 Å². The van der Waals surface area contributed by atoms with Crippen LogP contribution in [0.3, 0.4) is 0 Å². The molecule has 0 bridgehead atoms. The van der Waals surface area contributed by atoms with Crippen LogP contribution in [-0.2, 0) is 4.79 Å². The molecule has 1 heterocycles. The minimum absolute atomic E-state index is 0.00624. The number of amides is 1. The quantitative estimate of drug-likeness (QED) is 0.103. The van der Waals surface area contributed by atoms with Gasteiger partial charge in [-0.25, -0.2) is 4.99 Å². The number of ether oxygens (including phenoxy) is 2. The number of nitrogens with zero attached hydrogens (tertiary/aromatic N) is 1. The van der Waals surface area contributed by atoms with Crippen molar-refractivity contribution in [1.82, 2.24) is 0 Å². The molecule has 42 heavy (non-hydrogen) atoms. The summed E-state index contributed by atoms with van der Waals surface area (Å²) in [6.07, 6.45) is 5.76. The molecule has 6 N–H and O–H groups in total. The maximum Gasteiger partial charge on any atom is 0.248 e. The van der Waals surface area contributed by atoms with Crippen molar-refractivity contribution in [1.29, 1.82) is 0 Å². The molecule has 1 amide bonds. The molecule has 1 unspecified atom stereocenters. The predicted molar refractivity (Wildman–Crippen MR) is 166 cm³/mol. The van der Waals surface area contributed by atoms with Crippen LogP contribution in [-0.4, -0.2) is 35.0 Å². The smallest absolute Gasteiger partial charge is 0.248 e. The molecule has 0 radical (unpaired) electrons. The number of carbonyl (C=O) groups excluding carboxylic acids is 2. The van der Waals surface area contributed by atoms with E-state index in [1.54, 1.807) is 37.3 Å². The van der Waals surface area contributed by atoms with Crippen LogP contribution in [0.1, 0.15) is 65.2 Å². The molecule has 3 aromatic rings. The Labute approximate surface area is 246 Å². The van der Waals surface area contributed by atoms with Gasteiger partial charge in [0.25, 0.3) is 0 Å². The highest BCUT2D eigenvalue weighted by Gasteiger charge is 2.39. The van der Waals surface area contributed by atoms with Crippen molar-refractivity contribution in [2.75, 3.05) is 11.9 Å². The number of phenolic OH excluding ortho intramolecular Hbond substituents is 1. The first-order valence-corrected chi connectivity index (χ1v) is 13.9. The van der Waals surface area contributed by atoms with E-state index in [2.05, 4.69) is 10.3 Å². The Morgan fingerprint density at radius 3 is 2.40 bits per heavy atom. The number of carbonyl (C=O) groups is 2. The number of anilines is 1. The second-order valence-electron chi connectivity index (χ2n) is 10.9. The summed E-state index contributed by atoms with van der Waals surface area (Å²) in [5, 5.41) is 13.2. The number of benzene rings is 3. The van der Waals surface area contributed by atoms with E-state index in [0.717, 1.165) is 29.5 Å². The first kappa shape index (κ1) is 30.2. The number of ketones is 1. The Kier molecular flexibility index (Phi) is 9.20. The highest BCUT2D eigenvalue weighted by molar-refractivity contribution is 6.03. The van der Waals surface area contributed by atoms with Crippen LogP contribution in [0, 0.1) is 20.8 Å². The first-order valence-electron chi connectivity index (χ1n) is 13.9. The van der Waals surface area contributed by atoms with Gasteiger partial charge in [0.1, 0.15) is 22.8 Å². The lowest BCUT2D eigenvalue weighted by Gasteiger charge is -2.37. The molecular weight excluding hydrogens is 532 g/mol. The molecule has 1 aliphatic heterocycles. The third-order valence-electron chi connectivity index (χ3n) is 7.45. The summed E-state index contributed by atoms with van der Waals surface area (Å²) < 4.78 is 12.3. The average molecular weight is 571 g/mol. The molecule has 3 aromatic carbocycles. The minimum Gasteiger partial charge on any atom is -0.507 e. The number of hydrogen-bond donors (Lipinski definition) is 4. The van der Waals surface area contributed by atoms with Crippen molar-refractivity contribution in [3.05, 3.63) is 82.4 Å². The van der Waals surface area contributed by atoms with Gasteiger partial charge in [0, 0.05) is 17.3 Å². The van der Waals surface area contributed by atoms with Crippen molar-refractivity contribution in [2.24, 2.45) is 16.5 Å². The van der Waals surface area contributed by atoms with Crippen LogP contribution in [0.15, 0.2) is 59.6 Å².